The molecule has 0 amide bonds. The quantitative estimate of drug-likeness (QED) is 0.806. The molecule has 1 aliphatic carbocycles. The molecule has 2 heterocycles. The van der Waals surface area contributed by atoms with E-state index in [1.807, 2.05) is 11.8 Å². The zero-order chi connectivity index (χ0) is 11.2. The summed E-state index contributed by atoms with van der Waals surface area (Å²) in [6.45, 7) is 2.92. The van der Waals surface area contributed by atoms with Crippen LogP contribution in [0.3, 0.4) is 0 Å². The lowest BCUT2D eigenvalue weighted by Gasteiger charge is -2.44. The van der Waals surface area contributed by atoms with E-state index in [-0.39, 0.29) is 5.60 Å². The monoisotopic (exact) mass is 242 g/mol. The third kappa shape index (κ3) is 1.91. The number of hydrogen-bond donors (Lipinski definition) is 1. The number of aliphatic hydroxyl groups is 1. The van der Waals surface area contributed by atoms with E-state index in [1.54, 1.807) is 0 Å². The van der Waals surface area contributed by atoms with Crippen molar-refractivity contribution < 1.29 is 9.84 Å². The number of hydrogen-bond acceptors (Lipinski definition) is 3. The normalized spacial score (nSPS) is 43.5. The Bertz CT molecular complexity index is 267. The fraction of sp³-hybridized carbons (Fsp3) is 1.00. The Morgan fingerprint density at radius 2 is 2.12 bits per heavy atom. The van der Waals surface area contributed by atoms with Crippen LogP contribution in [0.1, 0.15) is 39.0 Å². The van der Waals surface area contributed by atoms with Crippen molar-refractivity contribution in [2.24, 2.45) is 11.8 Å². The molecule has 0 radical (unpaired) electrons. The fourth-order valence-electron chi connectivity index (χ4n) is 3.39. The van der Waals surface area contributed by atoms with Crippen molar-refractivity contribution in [3.05, 3.63) is 0 Å². The summed E-state index contributed by atoms with van der Waals surface area (Å²) in [5.41, 5.74) is -0.309. The number of thioether (sulfide) groups is 1. The van der Waals surface area contributed by atoms with Gasteiger partial charge < -0.3 is 9.84 Å². The van der Waals surface area contributed by atoms with Crippen molar-refractivity contribution in [3.63, 3.8) is 0 Å². The van der Waals surface area contributed by atoms with Crippen LogP contribution in [0.25, 0.3) is 0 Å². The summed E-state index contributed by atoms with van der Waals surface area (Å²) in [6, 6.07) is 0. The average Bonchev–Trinajstić information content (AvgIpc) is 3.04. The molecule has 0 aromatic heterocycles. The largest absolute Gasteiger partial charge is 0.390 e. The molecule has 0 bridgehead atoms. The van der Waals surface area contributed by atoms with Gasteiger partial charge in [0.05, 0.1) is 11.2 Å². The summed E-state index contributed by atoms with van der Waals surface area (Å²) in [7, 11) is 0. The molecule has 2 saturated heterocycles. The molecule has 3 fully saturated rings. The van der Waals surface area contributed by atoms with Crippen LogP contribution in [-0.2, 0) is 4.74 Å². The average molecular weight is 242 g/mol. The molecule has 92 valence electrons. The number of rotatable bonds is 2. The first kappa shape index (κ1) is 11.4. The van der Waals surface area contributed by atoms with Gasteiger partial charge in [-0.1, -0.05) is 0 Å². The van der Waals surface area contributed by atoms with E-state index >= 15 is 0 Å². The van der Waals surface area contributed by atoms with Gasteiger partial charge in [0.1, 0.15) is 0 Å². The maximum atomic E-state index is 10.7. The summed E-state index contributed by atoms with van der Waals surface area (Å²) in [6.07, 6.45) is 5.78. The van der Waals surface area contributed by atoms with Crippen LogP contribution in [0.2, 0.25) is 0 Å². The predicted octanol–water partition coefficient (Wildman–Crippen LogP) is 2.45. The lowest BCUT2D eigenvalue weighted by molar-refractivity contribution is -0.133. The van der Waals surface area contributed by atoms with Gasteiger partial charge >= 0.3 is 0 Å². The second-order valence-electron chi connectivity index (χ2n) is 6.02. The zero-order valence-corrected chi connectivity index (χ0v) is 10.9. The highest BCUT2D eigenvalue weighted by Crippen LogP contribution is 2.50. The van der Waals surface area contributed by atoms with E-state index in [2.05, 4.69) is 6.92 Å². The van der Waals surface area contributed by atoms with Crippen molar-refractivity contribution in [3.8, 4) is 0 Å². The molecule has 2 nitrogen and oxygen atoms in total. The van der Waals surface area contributed by atoms with Gasteiger partial charge in [-0.25, -0.2) is 0 Å². The first-order chi connectivity index (χ1) is 7.62. The van der Waals surface area contributed by atoms with E-state index in [0.29, 0.717) is 11.8 Å². The standard InChI is InChI=1S/C13H22O2S/c1-12(14,10-2-3-10)11-4-6-15-13(8-11)5-7-16-9-13/h10-11,14H,2-9H2,1H3. The minimum absolute atomic E-state index is 0.118. The molecule has 0 aromatic carbocycles. The highest BCUT2D eigenvalue weighted by Gasteiger charge is 2.50. The van der Waals surface area contributed by atoms with Crippen molar-refractivity contribution >= 4 is 11.8 Å². The van der Waals surface area contributed by atoms with Crippen molar-refractivity contribution in [1.29, 1.82) is 0 Å². The second-order valence-corrected chi connectivity index (χ2v) is 7.13. The van der Waals surface area contributed by atoms with Crippen LogP contribution >= 0.6 is 11.8 Å². The maximum Gasteiger partial charge on any atom is 0.0784 e. The van der Waals surface area contributed by atoms with Gasteiger partial charge in [0.2, 0.25) is 0 Å². The van der Waals surface area contributed by atoms with Gasteiger partial charge in [0.25, 0.3) is 0 Å². The molecule has 3 aliphatic rings. The Kier molecular flexibility index (Phi) is 2.76. The molecule has 1 saturated carbocycles. The lowest BCUT2D eigenvalue weighted by Crippen LogP contribution is -2.48. The Morgan fingerprint density at radius 1 is 1.31 bits per heavy atom. The first-order valence-electron chi connectivity index (χ1n) is 6.56. The molecule has 1 spiro atoms. The molecule has 2 aliphatic heterocycles. The topological polar surface area (TPSA) is 29.5 Å². The Hall–Kier alpha value is 0.270. The minimum Gasteiger partial charge on any atom is -0.390 e. The highest BCUT2D eigenvalue weighted by molar-refractivity contribution is 7.99. The number of ether oxygens (including phenoxy) is 1. The third-order valence-corrected chi connectivity index (χ3v) is 6.01. The molecule has 3 heteroatoms. The van der Waals surface area contributed by atoms with Crippen LogP contribution in [0.4, 0.5) is 0 Å². The van der Waals surface area contributed by atoms with Gasteiger partial charge in [-0.3, -0.25) is 0 Å². The minimum atomic E-state index is -0.427. The van der Waals surface area contributed by atoms with Gasteiger partial charge in [-0.05, 0) is 56.6 Å². The Labute approximate surface area is 102 Å². The molecule has 3 atom stereocenters. The van der Waals surface area contributed by atoms with E-state index in [4.69, 9.17) is 4.74 Å². The molecule has 1 N–H and O–H groups in total. The summed E-state index contributed by atoms with van der Waals surface area (Å²) in [5, 5.41) is 10.7. The molecule has 16 heavy (non-hydrogen) atoms. The van der Waals surface area contributed by atoms with Crippen LogP contribution in [0.15, 0.2) is 0 Å². The van der Waals surface area contributed by atoms with Crippen molar-refractivity contribution in [1.82, 2.24) is 0 Å². The zero-order valence-electron chi connectivity index (χ0n) is 10.1. The van der Waals surface area contributed by atoms with Gasteiger partial charge in [0.15, 0.2) is 0 Å². The molecule has 3 unspecified atom stereocenters. The molecular weight excluding hydrogens is 220 g/mol. The van der Waals surface area contributed by atoms with E-state index in [0.717, 1.165) is 25.2 Å². The smallest absolute Gasteiger partial charge is 0.0784 e. The summed E-state index contributed by atoms with van der Waals surface area (Å²) in [4.78, 5) is 0. The van der Waals surface area contributed by atoms with Crippen molar-refractivity contribution in [2.75, 3.05) is 18.1 Å². The van der Waals surface area contributed by atoms with Crippen LogP contribution < -0.4 is 0 Å². The molecule has 0 aromatic rings. The SMILES string of the molecule is CC(O)(C1CC1)C1CCOC2(CCSC2)C1. The van der Waals surface area contributed by atoms with Crippen LogP contribution in [0.5, 0.6) is 0 Å². The third-order valence-electron chi connectivity index (χ3n) is 4.79. The van der Waals surface area contributed by atoms with Gasteiger partial charge in [-0.15, -0.1) is 0 Å². The summed E-state index contributed by atoms with van der Waals surface area (Å²) < 4.78 is 6.02. The van der Waals surface area contributed by atoms with Crippen molar-refractivity contribution in [2.45, 2.75) is 50.2 Å². The molecule has 3 rings (SSSR count). The lowest BCUT2D eigenvalue weighted by atomic mass is 9.74. The maximum absolute atomic E-state index is 10.7. The van der Waals surface area contributed by atoms with E-state index in [1.165, 1.54) is 25.0 Å². The fourth-order valence-corrected chi connectivity index (χ4v) is 4.77. The first-order valence-corrected chi connectivity index (χ1v) is 7.72. The van der Waals surface area contributed by atoms with Gasteiger partial charge in [-0.2, -0.15) is 11.8 Å². The molecular formula is C13H22O2S. The van der Waals surface area contributed by atoms with Crippen LogP contribution in [-0.4, -0.2) is 34.4 Å². The van der Waals surface area contributed by atoms with Crippen LogP contribution in [0, 0.1) is 11.8 Å². The Morgan fingerprint density at radius 3 is 2.75 bits per heavy atom. The van der Waals surface area contributed by atoms with Gasteiger partial charge in [0, 0.05) is 12.4 Å². The predicted molar refractivity (Wildman–Crippen MR) is 66.7 cm³/mol. The Balaban J connectivity index is 1.71. The van der Waals surface area contributed by atoms with E-state index < -0.39 is 5.60 Å². The summed E-state index contributed by atoms with van der Waals surface area (Å²) >= 11 is 2.01. The summed E-state index contributed by atoms with van der Waals surface area (Å²) in [5.74, 6) is 3.41. The highest BCUT2D eigenvalue weighted by atomic mass is 32.2. The second kappa shape index (κ2) is 3.89. The van der Waals surface area contributed by atoms with E-state index in [9.17, 15) is 5.11 Å².